The Hall–Kier alpha value is -1.96. The SMILES string of the molecule is CCCCCCC1OC(=O)CC2(O)CC(=O)OC1(C=O)OC2=O. The van der Waals surface area contributed by atoms with Crippen LogP contribution in [0.3, 0.4) is 0 Å². The first-order valence-electron chi connectivity index (χ1n) is 7.68. The van der Waals surface area contributed by atoms with Crippen molar-refractivity contribution in [3.63, 3.8) is 0 Å². The number of hydrogen-bond acceptors (Lipinski definition) is 8. The molecule has 0 aromatic heterocycles. The number of aldehydes is 1. The third-order valence-electron chi connectivity index (χ3n) is 3.99. The largest absolute Gasteiger partial charge is 0.453 e. The van der Waals surface area contributed by atoms with Crippen LogP contribution < -0.4 is 0 Å². The average Bonchev–Trinajstić information content (AvgIpc) is 2.54. The molecule has 2 aliphatic heterocycles. The predicted octanol–water partition coefficient (Wildman–Crippen LogP) is 0.389. The van der Waals surface area contributed by atoms with Gasteiger partial charge in [0.05, 0.1) is 12.8 Å². The third kappa shape index (κ3) is 3.52. The van der Waals surface area contributed by atoms with Gasteiger partial charge in [-0.15, -0.1) is 0 Å². The molecular formula is C15H20O8. The molecule has 1 N–H and O–H groups in total. The Balaban J connectivity index is 2.30. The molecule has 8 heteroatoms. The number of cyclic esters (lactones) is 1. The standard InChI is InChI=1S/C15H20O8/c1-2-3-4-5-6-10-15(9-16)22-12(18)8-14(20,13(19)23-15)7-11(17)21-10/h9-10,20H,2-8H2,1H3. The quantitative estimate of drug-likeness (QED) is 0.423. The highest BCUT2D eigenvalue weighted by atomic mass is 16.8. The molecule has 0 radical (unpaired) electrons. The Bertz CT molecular complexity index is 516. The van der Waals surface area contributed by atoms with Crippen molar-refractivity contribution in [1.82, 2.24) is 0 Å². The molecule has 2 rings (SSSR count). The van der Waals surface area contributed by atoms with E-state index in [2.05, 4.69) is 0 Å². The lowest BCUT2D eigenvalue weighted by Gasteiger charge is -2.35. The summed E-state index contributed by atoms with van der Waals surface area (Å²) >= 11 is 0. The van der Waals surface area contributed by atoms with Crippen molar-refractivity contribution in [2.75, 3.05) is 0 Å². The van der Waals surface area contributed by atoms with E-state index in [4.69, 9.17) is 14.2 Å². The molecule has 0 amide bonds. The normalized spacial score (nSPS) is 33.8. The van der Waals surface area contributed by atoms with Crippen LogP contribution in [0.1, 0.15) is 51.9 Å². The highest BCUT2D eigenvalue weighted by Gasteiger charge is 2.59. The molecule has 23 heavy (non-hydrogen) atoms. The maximum atomic E-state index is 12.1. The van der Waals surface area contributed by atoms with E-state index in [0.29, 0.717) is 6.42 Å². The Kier molecular flexibility index (Phi) is 5.03. The molecule has 2 bridgehead atoms. The van der Waals surface area contributed by atoms with Gasteiger partial charge >= 0.3 is 23.7 Å². The van der Waals surface area contributed by atoms with E-state index >= 15 is 0 Å². The highest BCUT2D eigenvalue weighted by Crippen LogP contribution is 2.35. The fraction of sp³-hybridized carbons (Fsp3) is 0.733. The maximum Gasteiger partial charge on any atom is 0.350 e. The minimum absolute atomic E-state index is 0.137. The lowest BCUT2D eigenvalue weighted by molar-refractivity contribution is -0.254. The minimum Gasteiger partial charge on any atom is -0.453 e. The van der Waals surface area contributed by atoms with Gasteiger partial charge in [-0.2, -0.15) is 0 Å². The zero-order valence-electron chi connectivity index (χ0n) is 12.9. The molecule has 0 aromatic carbocycles. The summed E-state index contributed by atoms with van der Waals surface area (Å²) in [4.78, 5) is 47.4. The first-order valence-corrected chi connectivity index (χ1v) is 7.68. The first-order chi connectivity index (χ1) is 10.8. The fourth-order valence-electron chi connectivity index (χ4n) is 2.71. The van der Waals surface area contributed by atoms with Gasteiger partial charge in [0, 0.05) is 0 Å². The summed E-state index contributed by atoms with van der Waals surface area (Å²) in [7, 11) is 0. The van der Waals surface area contributed by atoms with Crippen molar-refractivity contribution >= 4 is 24.2 Å². The molecule has 2 aliphatic rings. The van der Waals surface area contributed by atoms with Crippen LogP contribution >= 0.6 is 0 Å². The predicted molar refractivity (Wildman–Crippen MR) is 73.8 cm³/mol. The van der Waals surface area contributed by atoms with Crippen LogP contribution in [-0.2, 0) is 33.4 Å². The van der Waals surface area contributed by atoms with Crippen molar-refractivity contribution in [3.8, 4) is 0 Å². The summed E-state index contributed by atoms with van der Waals surface area (Å²) in [6, 6.07) is 0. The summed E-state index contributed by atoms with van der Waals surface area (Å²) in [5, 5.41) is 10.2. The van der Waals surface area contributed by atoms with E-state index in [1.807, 2.05) is 6.92 Å². The minimum atomic E-state index is -2.37. The molecule has 0 aliphatic carbocycles. The van der Waals surface area contributed by atoms with Gasteiger partial charge in [0.15, 0.2) is 11.7 Å². The molecule has 2 heterocycles. The fourth-order valence-corrected chi connectivity index (χ4v) is 2.71. The van der Waals surface area contributed by atoms with Gasteiger partial charge in [0.1, 0.15) is 0 Å². The van der Waals surface area contributed by atoms with E-state index in [-0.39, 0.29) is 12.7 Å². The van der Waals surface area contributed by atoms with Gasteiger partial charge in [-0.1, -0.05) is 26.2 Å². The Morgan fingerprint density at radius 1 is 1.13 bits per heavy atom. The van der Waals surface area contributed by atoms with E-state index in [9.17, 15) is 24.3 Å². The number of rotatable bonds is 6. The van der Waals surface area contributed by atoms with Gasteiger partial charge in [-0.25, -0.2) is 4.79 Å². The lowest BCUT2D eigenvalue weighted by Crippen LogP contribution is -2.56. The number of carbonyl (C=O) groups is 4. The molecule has 3 atom stereocenters. The zero-order chi connectivity index (χ0) is 17.1. The molecule has 0 spiro atoms. The topological polar surface area (TPSA) is 116 Å². The van der Waals surface area contributed by atoms with Crippen LogP contribution in [0.5, 0.6) is 0 Å². The zero-order valence-corrected chi connectivity index (χ0v) is 12.9. The molecule has 128 valence electrons. The Morgan fingerprint density at radius 3 is 2.48 bits per heavy atom. The van der Waals surface area contributed by atoms with Crippen LogP contribution in [-0.4, -0.2) is 46.8 Å². The van der Waals surface area contributed by atoms with Crippen LogP contribution in [0.25, 0.3) is 0 Å². The van der Waals surface area contributed by atoms with E-state index in [1.165, 1.54) is 0 Å². The lowest BCUT2D eigenvalue weighted by atomic mass is 9.95. The molecule has 3 unspecified atom stereocenters. The maximum absolute atomic E-state index is 12.1. The number of aliphatic hydroxyl groups is 1. The highest BCUT2D eigenvalue weighted by molar-refractivity contribution is 5.94. The second kappa shape index (κ2) is 6.66. The van der Waals surface area contributed by atoms with E-state index in [1.54, 1.807) is 0 Å². The number of esters is 3. The molecule has 0 saturated carbocycles. The molecule has 0 aromatic rings. The van der Waals surface area contributed by atoms with Gasteiger partial charge < -0.3 is 19.3 Å². The summed E-state index contributed by atoms with van der Waals surface area (Å²) in [5.41, 5.74) is -2.37. The van der Waals surface area contributed by atoms with Gasteiger partial charge in [0.2, 0.25) is 6.29 Å². The second-order valence-corrected chi connectivity index (χ2v) is 5.92. The van der Waals surface area contributed by atoms with Gasteiger partial charge in [-0.3, -0.25) is 14.4 Å². The van der Waals surface area contributed by atoms with E-state index < -0.39 is 48.2 Å². The molecule has 2 fully saturated rings. The van der Waals surface area contributed by atoms with E-state index in [0.717, 1.165) is 19.3 Å². The van der Waals surface area contributed by atoms with Crippen LogP contribution in [0.4, 0.5) is 0 Å². The van der Waals surface area contributed by atoms with Crippen LogP contribution in [0, 0.1) is 0 Å². The summed E-state index contributed by atoms with van der Waals surface area (Å²) in [6.45, 7) is 2.03. The number of unbranched alkanes of at least 4 members (excludes halogenated alkanes) is 3. The first kappa shape index (κ1) is 17.4. The molecule has 2 saturated heterocycles. The van der Waals surface area contributed by atoms with Crippen molar-refractivity contribution in [1.29, 1.82) is 0 Å². The molecule has 8 nitrogen and oxygen atoms in total. The summed E-state index contributed by atoms with van der Waals surface area (Å²) in [5.74, 6) is -5.44. The summed E-state index contributed by atoms with van der Waals surface area (Å²) < 4.78 is 15.1. The molecular weight excluding hydrogens is 308 g/mol. The van der Waals surface area contributed by atoms with Crippen LogP contribution in [0.15, 0.2) is 0 Å². The van der Waals surface area contributed by atoms with Gasteiger partial charge in [-0.05, 0) is 12.8 Å². The van der Waals surface area contributed by atoms with Crippen LogP contribution in [0.2, 0.25) is 0 Å². The smallest absolute Gasteiger partial charge is 0.350 e. The number of carbonyl (C=O) groups excluding carboxylic acids is 4. The monoisotopic (exact) mass is 328 g/mol. The Labute approximate surface area is 133 Å². The van der Waals surface area contributed by atoms with Gasteiger partial charge in [0.25, 0.3) is 0 Å². The van der Waals surface area contributed by atoms with Crippen molar-refractivity contribution in [3.05, 3.63) is 0 Å². The van der Waals surface area contributed by atoms with Crippen molar-refractivity contribution in [2.24, 2.45) is 0 Å². The number of hydrogen-bond donors (Lipinski definition) is 1. The third-order valence-corrected chi connectivity index (χ3v) is 3.99. The number of fused-ring (bicyclic) bond motifs is 3. The average molecular weight is 328 g/mol. The summed E-state index contributed by atoms with van der Waals surface area (Å²) in [6.07, 6.45) is 0.988. The second-order valence-electron chi connectivity index (χ2n) is 5.92. The van der Waals surface area contributed by atoms with Crippen molar-refractivity contribution < 1.29 is 38.5 Å². The number of ether oxygens (including phenoxy) is 3. The van der Waals surface area contributed by atoms with Crippen molar-refractivity contribution in [2.45, 2.75) is 69.4 Å². The Morgan fingerprint density at radius 2 is 1.83 bits per heavy atom.